The highest BCUT2D eigenvalue weighted by Gasteiger charge is 2.33. The van der Waals surface area contributed by atoms with Gasteiger partial charge in [-0.15, -0.1) is 0 Å². The zero-order chi connectivity index (χ0) is 14.8. The second-order valence-corrected chi connectivity index (χ2v) is 7.20. The van der Waals surface area contributed by atoms with E-state index in [2.05, 4.69) is 38.4 Å². The summed E-state index contributed by atoms with van der Waals surface area (Å²) in [5.74, 6) is 0.746. The Bertz CT molecular complexity index is 487. The van der Waals surface area contributed by atoms with E-state index in [0.29, 0.717) is 11.5 Å². The molecule has 0 radical (unpaired) electrons. The van der Waals surface area contributed by atoms with Crippen molar-refractivity contribution in [2.75, 3.05) is 0 Å². The molecule has 0 saturated heterocycles. The van der Waals surface area contributed by atoms with Crippen LogP contribution >= 0.6 is 0 Å². The summed E-state index contributed by atoms with van der Waals surface area (Å²) in [4.78, 5) is 0. The smallest absolute Gasteiger partial charge is 0.120 e. The summed E-state index contributed by atoms with van der Waals surface area (Å²) in [5, 5.41) is 12.7. The van der Waals surface area contributed by atoms with E-state index in [0.717, 1.165) is 18.2 Å². The molecule has 0 amide bonds. The monoisotopic (exact) mass is 273 g/mol. The third-order valence-electron chi connectivity index (χ3n) is 4.62. The van der Waals surface area contributed by atoms with E-state index in [-0.39, 0.29) is 0 Å². The van der Waals surface area contributed by atoms with Crippen LogP contribution in [0.4, 0.5) is 0 Å². The molecule has 2 atom stereocenters. The molecular weight excluding hydrogens is 246 g/mol. The second-order valence-electron chi connectivity index (χ2n) is 7.20. The Balaban J connectivity index is 1.99. The molecule has 2 unspecified atom stereocenters. The quantitative estimate of drug-likeness (QED) is 0.914. The van der Waals surface area contributed by atoms with Gasteiger partial charge in [0.25, 0.3) is 0 Å². The van der Waals surface area contributed by atoms with Gasteiger partial charge in [-0.3, -0.25) is 0 Å². The second kappa shape index (κ2) is 6.01. The lowest BCUT2D eigenvalue weighted by Gasteiger charge is -2.41. The highest BCUT2D eigenvalue weighted by Crippen LogP contribution is 2.38. The van der Waals surface area contributed by atoms with Gasteiger partial charge in [-0.05, 0) is 35.8 Å². The van der Waals surface area contributed by atoms with Crippen LogP contribution in [0.25, 0.3) is 0 Å². The standard InChI is InChI=1S/C17H27N3/c1-17(2,3)15-7-5-6-8-16(15)19-11-13-9-14(10-18)20(4)12-13/h9,12,15-16,19H,5-8,11H2,1-4H3. The summed E-state index contributed by atoms with van der Waals surface area (Å²) in [6.45, 7) is 7.93. The van der Waals surface area contributed by atoms with Gasteiger partial charge < -0.3 is 9.88 Å². The molecule has 20 heavy (non-hydrogen) atoms. The molecule has 1 aliphatic carbocycles. The Morgan fingerprint density at radius 1 is 1.35 bits per heavy atom. The van der Waals surface area contributed by atoms with Gasteiger partial charge in [-0.2, -0.15) is 5.26 Å². The van der Waals surface area contributed by atoms with E-state index in [1.165, 1.54) is 31.2 Å². The summed E-state index contributed by atoms with van der Waals surface area (Å²) in [6, 6.07) is 4.82. The van der Waals surface area contributed by atoms with Gasteiger partial charge in [0, 0.05) is 25.8 Å². The summed E-state index contributed by atoms with van der Waals surface area (Å²) in [6.07, 6.45) is 7.37. The minimum atomic E-state index is 0.368. The molecule has 2 rings (SSSR count). The normalized spacial score (nSPS) is 23.6. The van der Waals surface area contributed by atoms with Gasteiger partial charge >= 0.3 is 0 Å². The van der Waals surface area contributed by atoms with Crippen LogP contribution in [0, 0.1) is 22.7 Å². The lowest BCUT2D eigenvalue weighted by Crippen LogP contribution is -2.43. The first-order valence-electron chi connectivity index (χ1n) is 7.70. The molecule has 3 nitrogen and oxygen atoms in total. The fourth-order valence-corrected chi connectivity index (χ4v) is 3.50. The zero-order valence-corrected chi connectivity index (χ0v) is 13.2. The molecule has 1 aromatic rings. The van der Waals surface area contributed by atoms with Gasteiger partial charge in [-0.1, -0.05) is 33.6 Å². The summed E-state index contributed by atoms with van der Waals surface area (Å²) >= 11 is 0. The lowest BCUT2D eigenvalue weighted by atomic mass is 9.69. The summed E-state index contributed by atoms with van der Waals surface area (Å²) in [5.41, 5.74) is 2.31. The van der Waals surface area contributed by atoms with Crippen molar-refractivity contribution in [3.05, 3.63) is 23.5 Å². The van der Waals surface area contributed by atoms with Gasteiger partial charge in [0.1, 0.15) is 11.8 Å². The van der Waals surface area contributed by atoms with Crippen LogP contribution in [-0.4, -0.2) is 10.6 Å². The highest BCUT2D eigenvalue weighted by atomic mass is 15.0. The van der Waals surface area contributed by atoms with Crippen LogP contribution in [-0.2, 0) is 13.6 Å². The number of aromatic nitrogens is 1. The van der Waals surface area contributed by atoms with Crippen LogP contribution in [0.5, 0.6) is 0 Å². The maximum atomic E-state index is 9.01. The molecule has 1 aromatic heterocycles. The Kier molecular flexibility index (Phi) is 4.55. The number of nitrogens with one attached hydrogen (secondary N) is 1. The predicted molar refractivity (Wildman–Crippen MR) is 82.2 cm³/mol. The van der Waals surface area contributed by atoms with Gasteiger partial charge in [-0.25, -0.2) is 0 Å². The molecule has 1 aliphatic rings. The van der Waals surface area contributed by atoms with E-state index >= 15 is 0 Å². The molecule has 0 aliphatic heterocycles. The Morgan fingerprint density at radius 2 is 2.05 bits per heavy atom. The molecular formula is C17H27N3. The van der Waals surface area contributed by atoms with E-state index in [1.54, 1.807) is 0 Å². The highest BCUT2D eigenvalue weighted by molar-refractivity contribution is 5.28. The summed E-state index contributed by atoms with van der Waals surface area (Å²) in [7, 11) is 1.93. The van der Waals surface area contributed by atoms with E-state index in [9.17, 15) is 0 Å². The van der Waals surface area contributed by atoms with Crippen molar-refractivity contribution < 1.29 is 0 Å². The molecule has 1 heterocycles. The fourth-order valence-electron chi connectivity index (χ4n) is 3.50. The topological polar surface area (TPSA) is 40.8 Å². The average molecular weight is 273 g/mol. The van der Waals surface area contributed by atoms with Crippen molar-refractivity contribution in [2.24, 2.45) is 18.4 Å². The fraction of sp³-hybridized carbons (Fsp3) is 0.706. The van der Waals surface area contributed by atoms with Crippen LogP contribution in [0.3, 0.4) is 0 Å². The third kappa shape index (κ3) is 3.43. The SMILES string of the molecule is Cn1cc(CNC2CCCCC2C(C)(C)C)cc1C#N. The van der Waals surface area contributed by atoms with Crippen molar-refractivity contribution in [3.63, 3.8) is 0 Å². The number of hydrogen-bond donors (Lipinski definition) is 1. The molecule has 0 bridgehead atoms. The first-order valence-corrected chi connectivity index (χ1v) is 7.70. The maximum absolute atomic E-state index is 9.01. The number of rotatable bonds is 3. The molecule has 0 aromatic carbocycles. The Hall–Kier alpha value is -1.27. The zero-order valence-electron chi connectivity index (χ0n) is 13.2. The minimum absolute atomic E-state index is 0.368. The van der Waals surface area contributed by atoms with Crippen LogP contribution in [0.15, 0.2) is 12.3 Å². The molecule has 1 N–H and O–H groups in total. The van der Waals surface area contributed by atoms with Crippen molar-refractivity contribution >= 4 is 0 Å². The number of nitrogens with zero attached hydrogens (tertiary/aromatic N) is 2. The van der Waals surface area contributed by atoms with Crippen LogP contribution < -0.4 is 5.32 Å². The van der Waals surface area contributed by atoms with Crippen molar-refractivity contribution in [1.29, 1.82) is 5.26 Å². The Morgan fingerprint density at radius 3 is 2.65 bits per heavy atom. The minimum Gasteiger partial charge on any atom is -0.342 e. The van der Waals surface area contributed by atoms with Gasteiger partial charge in [0.15, 0.2) is 0 Å². The number of nitriles is 1. The van der Waals surface area contributed by atoms with E-state index in [4.69, 9.17) is 5.26 Å². The first-order chi connectivity index (χ1) is 9.41. The number of aryl methyl sites for hydroxylation is 1. The predicted octanol–water partition coefficient (Wildman–Crippen LogP) is 3.59. The van der Waals surface area contributed by atoms with Crippen LogP contribution in [0.1, 0.15) is 57.7 Å². The molecule has 0 spiro atoms. The van der Waals surface area contributed by atoms with Crippen molar-refractivity contribution in [2.45, 2.75) is 59.0 Å². The van der Waals surface area contributed by atoms with Gasteiger partial charge in [0.05, 0.1) is 0 Å². The molecule has 110 valence electrons. The molecule has 1 fully saturated rings. The van der Waals surface area contributed by atoms with Crippen molar-refractivity contribution in [3.8, 4) is 6.07 Å². The van der Waals surface area contributed by atoms with Crippen LogP contribution in [0.2, 0.25) is 0 Å². The largest absolute Gasteiger partial charge is 0.342 e. The summed E-state index contributed by atoms with van der Waals surface area (Å²) < 4.78 is 1.90. The number of hydrogen-bond acceptors (Lipinski definition) is 2. The molecule has 3 heteroatoms. The van der Waals surface area contributed by atoms with E-state index < -0.39 is 0 Å². The lowest BCUT2D eigenvalue weighted by molar-refractivity contribution is 0.130. The maximum Gasteiger partial charge on any atom is 0.120 e. The molecule has 1 saturated carbocycles. The third-order valence-corrected chi connectivity index (χ3v) is 4.62. The van der Waals surface area contributed by atoms with E-state index in [1.807, 2.05) is 17.7 Å². The first kappa shape index (κ1) is 15.1. The van der Waals surface area contributed by atoms with Gasteiger partial charge in [0.2, 0.25) is 0 Å². The Labute approximate surface area is 123 Å². The van der Waals surface area contributed by atoms with Crippen molar-refractivity contribution in [1.82, 2.24) is 9.88 Å². The average Bonchev–Trinajstić information content (AvgIpc) is 2.76.